The van der Waals surface area contributed by atoms with Crippen LogP contribution in [0.5, 0.6) is 0 Å². The van der Waals surface area contributed by atoms with Crippen molar-refractivity contribution in [3.05, 3.63) is 47.1 Å². The van der Waals surface area contributed by atoms with E-state index in [0.717, 1.165) is 16.9 Å². The number of urea groups is 1. The molecule has 2 atom stereocenters. The first-order chi connectivity index (χ1) is 15.1. The summed E-state index contributed by atoms with van der Waals surface area (Å²) in [4.78, 5) is 39.6. The van der Waals surface area contributed by atoms with E-state index in [-0.39, 0.29) is 17.9 Å². The van der Waals surface area contributed by atoms with Crippen molar-refractivity contribution in [3.63, 3.8) is 0 Å². The Kier molecular flexibility index (Phi) is 5.75. The second-order valence-electron chi connectivity index (χ2n) is 9.77. The molecule has 2 aromatic rings. The van der Waals surface area contributed by atoms with Gasteiger partial charge in [0.1, 0.15) is 17.9 Å². The van der Waals surface area contributed by atoms with Gasteiger partial charge >= 0.3 is 6.03 Å². The number of aromatic nitrogens is 2. The molecule has 32 heavy (non-hydrogen) atoms. The predicted molar refractivity (Wildman–Crippen MR) is 121 cm³/mol. The average molecular weight is 458 g/mol. The summed E-state index contributed by atoms with van der Waals surface area (Å²) in [5.74, 6) is -0.0172. The SMILES string of the molecule is CC1CC(C)(C)CC2(C1)NC(=O)N(CC(=O)Nc1ccnn1Cc1ccccc1Cl)C2=O. The summed E-state index contributed by atoms with van der Waals surface area (Å²) in [5.41, 5.74) is -0.132. The van der Waals surface area contributed by atoms with Crippen molar-refractivity contribution < 1.29 is 14.4 Å². The van der Waals surface area contributed by atoms with Crippen LogP contribution < -0.4 is 10.6 Å². The fraction of sp³-hybridized carbons (Fsp3) is 0.478. The maximum Gasteiger partial charge on any atom is 0.325 e. The normalized spacial score (nSPS) is 24.6. The Labute approximate surface area is 192 Å². The number of carbonyl (C=O) groups excluding carboxylic acids is 3. The lowest BCUT2D eigenvalue weighted by molar-refractivity contribution is -0.136. The Morgan fingerprint density at radius 1 is 1.25 bits per heavy atom. The van der Waals surface area contributed by atoms with Crippen molar-refractivity contribution in [2.75, 3.05) is 11.9 Å². The van der Waals surface area contributed by atoms with Crippen molar-refractivity contribution in [1.29, 1.82) is 0 Å². The second kappa shape index (κ2) is 8.24. The number of amides is 4. The molecule has 2 aliphatic rings. The van der Waals surface area contributed by atoms with E-state index in [1.54, 1.807) is 23.0 Å². The van der Waals surface area contributed by atoms with Gasteiger partial charge in [-0.05, 0) is 42.2 Å². The summed E-state index contributed by atoms with van der Waals surface area (Å²) >= 11 is 6.23. The van der Waals surface area contributed by atoms with E-state index in [0.29, 0.717) is 36.1 Å². The summed E-state index contributed by atoms with van der Waals surface area (Å²) in [6.45, 7) is 6.34. The summed E-state index contributed by atoms with van der Waals surface area (Å²) < 4.78 is 1.61. The fourth-order valence-corrected chi connectivity index (χ4v) is 5.52. The van der Waals surface area contributed by atoms with Gasteiger partial charge in [0, 0.05) is 11.1 Å². The Balaban J connectivity index is 1.44. The first kappa shape index (κ1) is 22.3. The topological polar surface area (TPSA) is 96.3 Å². The van der Waals surface area contributed by atoms with Gasteiger partial charge in [0.2, 0.25) is 5.91 Å². The number of anilines is 1. The molecule has 0 bridgehead atoms. The third kappa shape index (κ3) is 4.37. The zero-order valence-corrected chi connectivity index (χ0v) is 19.3. The highest BCUT2D eigenvalue weighted by molar-refractivity contribution is 6.31. The van der Waals surface area contributed by atoms with Crippen LogP contribution in [0.15, 0.2) is 36.5 Å². The summed E-state index contributed by atoms with van der Waals surface area (Å²) in [7, 11) is 0. The molecule has 2 heterocycles. The average Bonchev–Trinajstić information content (AvgIpc) is 3.19. The van der Waals surface area contributed by atoms with Gasteiger partial charge in [0.05, 0.1) is 12.7 Å². The van der Waals surface area contributed by atoms with Gasteiger partial charge in [0.15, 0.2) is 0 Å². The van der Waals surface area contributed by atoms with Crippen LogP contribution in [0.3, 0.4) is 0 Å². The summed E-state index contributed by atoms with van der Waals surface area (Å²) in [6.07, 6.45) is 3.72. The number of hydrogen-bond acceptors (Lipinski definition) is 4. The molecule has 2 fully saturated rings. The van der Waals surface area contributed by atoms with E-state index in [1.165, 1.54) is 0 Å². The minimum atomic E-state index is -0.926. The van der Waals surface area contributed by atoms with Crippen LogP contribution in [0.4, 0.5) is 10.6 Å². The van der Waals surface area contributed by atoms with Crippen molar-refractivity contribution in [1.82, 2.24) is 20.0 Å². The van der Waals surface area contributed by atoms with Crippen LogP contribution in [0.2, 0.25) is 5.02 Å². The number of benzene rings is 1. The number of nitrogens with one attached hydrogen (secondary N) is 2. The van der Waals surface area contributed by atoms with Crippen LogP contribution in [0.25, 0.3) is 0 Å². The lowest BCUT2D eigenvalue weighted by Crippen LogP contribution is -2.54. The quantitative estimate of drug-likeness (QED) is 0.669. The number of rotatable bonds is 5. The fourth-order valence-electron chi connectivity index (χ4n) is 5.33. The maximum absolute atomic E-state index is 13.2. The highest BCUT2D eigenvalue weighted by Gasteiger charge is 2.56. The van der Waals surface area contributed by atoms with E-state index in [2.05, 4.69) is 36.5 Å². The Morgan fingerprint density at radius 2 is 2.00 bits per heavy atom. The first-order valence-corrected chi connectivity index (χ1v) is 11.2. The Bertz CT molecular complexity index is 1070. The molecule has 2 unspecified atom stereocenters. The third-order valence-electron chi connectivity index (χ3n) is 6.19. The van der Waals surface area contributed by atoms with Crippen molar-refractivity contribution >= 4 is 35.3 Å². The van der Waals surface area contributed by atoms with E-state index >= 15 is 0 Å². The largest absolute Gasteiger partial charge is 0.325 e. The number of imide groups is 1. The molecule has 1 aromatic carbocycles. The van der Waals surface area contributed by atoms with Crippen LogP contribution in [0, 0.1) is 11.3 Å². The lowest BCUT2D eigenvalue weighted by atomic mass is 9.64. The van der Waals surface area contributed by atoms with Gasteiger partial charge in [-0.3, -0.25) is 14.5 Å². The minimum absolute atomic E-state index is 0.0654. The van der Waals surface area contributed by atoms with E-state index in [9.17, 15) is 14.4 Å². The van der Waals surface area contributed by atoms with Gasteiger partial charge in [-0.25, -0.2) is 9.48 Å². The van der Waals surface area contributed by atoms with E-state index in [4.69, 9.17) is 11.6 Å². The molecule has 2 N–H and O–H groups in total. The Morgan fingerprint density at radius 3 is 2.72 bits per heavy atom. The second-order valence-corrected chi connectivity index (χ2v) is 10.2. The van der Waals surface area contributed by atoms with E-state index in [1.807, 2.05) is 18.2 Å². The van der Waals surface area contributed by atoms with Crippen LogP contribution in [0.1, 0.15) is 45.6 Å². The number of nitrogens with zero attached hydrogens (tertiary/aromatic N) is 3. The number of halogens is 1. The first-order valence-electron chi connectivity index (χ1n) is 10.8. The molecule has 1 aliphatic heterocycles. The van der Waals surface area contributed by atoms with Crippen LogP contribution in [-0.2, 0) is 16.1 Å². The summed E-state index contributed by atoms with van der Waals surface area (Å²) in [5, 5.41) is 10.5. The molecule has 1 aliphatic carbocycles. The molecule has 0 radical (unpaired) electrons. The molecule has 9 heteroatoms. The molecule has 1 saturated heterocycles. The van der Waals surface area contributed by atoms with Gasteiger partial charge < -0.3 is 10.6 Å². The minimum Gasteiger partial charge on any atom is -0.323 e. The van der Waals surface area contributed by atoms with Crippen molar-refractivity contribution in [2.45, 2.75) is 52.1 Å². The van der Waals surface area contributed by atoms with Crippen LogP contribution in [-0.4, -0.2) is 44.6 Å². The van der Waals surface area contributed by atoms with Gasteiger partial charge in [-0.1, -0.05) is 50.6 Å². The molecule has 170 valence electrons. The van der Waals surface area contributed by atoms with Crippen molar-refractivity contribution in [2.24, 2.45) is 11.3 Å². The molecular formula is C23H28ClN5O3. The molecule has 4 amide bonds. The smallest absolute Gasteiger partial charge is 0.323 e. The highest BCUT2D eigenvalue weighted by Crippen LogP contribution is 2.46. The molecule has 1 spiro atoms. The maximum atomic E-state index is 13.2. The monoisotopic (exact) mass is 457 g/mol. The molecular weight excluding hydrogens is 430 g/mol. The number of hydrogen-bond donors (Lipinski definition) is 2. The standard InChI is InChI=1S/C23H28ClN5O3/c1-15-10-22(2,3)14-23(11-15)20(31)28(21(32)27-23)13-19(30)26-18-8-9-25-29(18)12-16-6-4-5-7-17(16)24/h4-9,15H,10-14H2,1-3H3,(H,26,30)(H,27,32). The van der Waals surface area contributed by atoms with Gasteiger partial charge in [0.25, 0.3) is 5.91 Å². The molecule has 1 saturated carbocycles. The zero-order chi connectivity index (χ0) is 23.1. The van der Waals surface area contributed by atoms with Crippen LogP contribution >= 0.6 is 11.6 Å². The van der Waals surface area contributed by atoms with E-state index < -0.39 is 17.5 Å². The lowest BCUT2D eigenvalue weighted by Gasteiger charge is -2.43. The van der Waals surface area contributed by atoms with Gasteiger partial charge in [-0.15, -0.1) is 0 Å². The summed E-state index contributed by atoms with van der Waals surface area (Å²) in [6, 6.07) is 8.54. The number of carbonyl (C=O) groups is 3. The predicted octanol–water partition coefficient (Wildman–Crippen LogP) is 3.66. The van der Waals surface area contributed by atoms with Crippen molar-refractivity contribution in [3.8, 4) is 0 Å². The van der Waals surface area contributed by atoms with Gasteiger partial charge in [-0.2, -0.15) is 5.10 Å². The molecule has 4 rings (SSSR count). The molecule has 1 aromatic heterocycles. The highest BCUT2D eigenvalue weighted by atomic mass is 35.5. The molecule has 8 nitrogen and oxygen atoms in total. The zero-order valence-electron chi connectivity index (χ0n) is 18.5. The Hall–Kier alpha value is -2.87. The third-order valence-corrected chi connectivity index (χ3v) is 6.56.